The van der Waals surface area contributed by atoms with Gasteiger partial charge < -0.3 is 19.5 Å². The number of rotatable bonds is 8. The van der Waals surface area contributed by atoms with E-state index in [1.165, 1.54) is 11.1 Å². The average Bonchev–Trinajstić information content (AvgIpc) is 3.04. The normalized spacial score (nSPS) is 16.2. The van der Waals surface area contributed by atoms with Crippen LogP contribution in [-0.2, 0) is 16.1 Å². The van der Waals surface area contributed by atoms with Crippen LogP contribution in [0.1, 0.15) is 28.7 Å². The highest BCUT2D eigenvalue weighted by molar-refractivity contribution is 5.86. The first-order valence-corrected chi connectivity index (χ1v) is 9.76. The molecule has 1 N–H and O–H groups in total. The molecule has 1 heterocycles. The van der Waals surface area contributed by atoms with Crippen LogP contribution in [0.3, 0.4) is 0 Å². The summed E-state index contributed by atoms with van der Waals surface area (Å²) in [6, 6.07) is 11.7. The molecule has 1 aliphatic rings. The number of amides is 1. The van der Waals surface area contributed by atoms with Gasteiger partial charge in [-0.05, 0) is 61.2 Å². The van der Waals surface area contributed by atoms with Gasteiger partial charge in [-0.3, -0.25) is 9.59 Å². The predicted molar refractivity (Wildman–Crippen MR) is 109 cm³/mol. The smallest absolute Gasteiger partial charge is 0.308 e. The number of carbonyl (C=O) groups excluding carboxylic acids is 1. The van der Waals surface area contributed by atoms with Crippen molar-refractivity contribution in [3.63, 3.8) is 0 Å². The van der Waals surface area contributed by atoms with E-state index in [1.807, 2.05) is 37.3 Å². The zero-order valence-corrected chi connectivity index (χ0v) is 17.1. The van der Waals surface area contributed by atoms with Gasteiger partial charge in [-0.1, -0.05) is 18.2 Å². The summed E-state index contributed by atoms with van der Waals surface area (Å²) in [5, 5.41) is 9.06. The molecule has 0 bridgehead atoms. The van der Waals surface area contributed by atoms with Crippen LogP contribution in [0.4, 0.5) is 0 Å². The lowest BCUT2D eigenvalue weighted by molar-refractivity contribution is -0.141. The molecule has 29 heavy (non-hydrogen) atoms. The summed E-state index contributed by atoms with van der Waals surface area (Å²) in [6.45, 7) is 7.73. The van der Waals surface area contributed by atoms with E-state index in [0.717, 1.165) is 22.6 Å². The monoisotopic (exact) mass is 397 g/mol. The van der Waals surface area contributed by atoms with Gasteiger partial charge in [0.25, 0.3) is 0 Å². The number of carbonyl (C=O) groups is 2. The number of nitrogens with zero attached hydrogens (tertiary/aromatic N) is 1. The van der Waals surface area contributed by atoms with Crippen LogP contribution in [0.15, 0.2) is 36.4 Å². The molecule has 1 saturated heterocycles. The molecule has 2 aromatic rings. The molecule has 0 spiro atoms. The van der Waals surface area contributed by atoms with Gasteiger partial charge in [0.2, 0.25) is 5.91 Å². The Kier molecular flexibility index (Phi) is 6.42. The minimum atomic E-state index is -0.914. The number of benzene rings is 2. The van der Waals surface area contributed by atoms with Gasteiger partial charge in [-0.2, -0.15) is 0 Å². The van der Waals surface area contributed by atoms with Gasteiger partial charge in [0.1, 0.15) is 24.7 Å². The Bertz CT molecular complexity index is 891. The third-order valence-corrected chi connectivity index (χ3v) is 5.23. The van der Waals surface area contributed by atoms with Crippen LogP contribution in [0, 0.1) is 26.7 Å². The molecule has 0 aliphatic carbocycles. The molecule has 0 saturated carbocycles. The maximum atomic E-state index is 11.9. The molecule has 6 heteroatoms. The molecule has 0 aromatic heterocycles. The first-order valence-electron chi connectivity index (χ1n) is 9.76. The van der Waals surface area contributed by atoms with E-state index >= 15 is 0 Å². The average molecular weight is 397 g/mol. The summed E-state index contributed by atoms with van der Waals surface area (Å²) < 4.78 is 11.6. The van der Waals surface area contributed by atoms with Crippen molar-refractivity contribution >= 4 is 11.9 Å². The van der Waals surface area contributed by atoms with Crippen LogP contribution in [-0.4, -0.2) is 41.6 Å². The molecule has 1 aliphatic heterocycles. The standard InChI is InChI=1S/C23H27NO5/c1-15-10-16(2)17(3)21(11-15)29-9-8-28-20-6-4-18(5-7-20)13-24-14-19(23(26)27)12-22(24)25/h4-7,10-11,19H,8-9,12-14H2,1-3H3,(H,26,27). The van der Waals surface area contributed by atoms with Crippen molar-refractivity contribution in [2.75, 3.05) is 19.8 Å². The summed E-state index contributed by atoms with van der Waals surface area (Å²) >= 11 is 0. The Balaban J connectivity index is 1.46. The van der Waals surface area contributed by atoms with Crippen molar-refractivity contribution in [3.8, 4) is 11.5 Å². The zero-order valence-electron chi connectivity index (χ0n) is 17.1. The predicted octanol–water partition coefficient (Wildman–Crippen LogP) is 3.50. The van der Waals surface area contributed by atoms with Gasteiger partial charge in [-0.25, -0.2) is 0 Å². The zero-order chi connectivity index (χ0) is 21.0. The Hall–Kier alpha value is -3.02. The highest BCUT2D eigenvalue weighted by Crippen LogP contribution is 2.24. The Labute approximate surface area is 171 Å². The third kappa shape index (κ3) is 5.28. The molecule has 0 radical (unpaired) electrons. The van der Waals surface area contributed by atoms with Gasteiger partial charge in [0, 0.05) is 19.5 Å². The molecule has 3 rings (SSSR count). The number of hydrogen-bond donors (Lipinski definition) is 1. The van der Waals surface area contributed by atoms with Crippen molar-refractivity contribution in [3.05, 3.63) is 58.7 Å². The quantitative estimate of drug-likeness (QED) is 0.690. The summed E-state index contributed by atoms with van der Waals surface area (Å²) in [4.78, 5) is 24.6. The molecule has 2 aromatic carbocycles. The number of likely N-dealkylation sites (tertiary alicyclic amines) is 1. The number of hydrogen-bond acceptors (Lipinski definition) is 4. The van der Waals surface area contributed by atoms with Gasteiger partial charge in [0.15, 0.2) is 0 Å². The summed E-state index contributed by atoms with van der Waals surface area (Å²) in [6.07, 6.45) is 0.0798. The van der Waals surface area contributed by atoms with E-state index in [0.29, 0.717) is 19.8 Å². The van der Waals surface area contributed by atoms with E-state index in [-0.39, 0.29) is 18.9 Å². The van der Waals surface area contributed by atoms with E-state index in [1.54, 1.807) is 4.90 Å². The second kappa shape index (κ2) is 8.99. The summed E-state index contributed by atoms with van der Waals surface area (Å²) in [5.74, 6) is -0.0210. The second-order valence-corrected chi connectivity index (χ2v) is 7.56. The maximum absolute atomic E-state index is 11.9. The van der Waals surface area contributed by atoms with Crippen molar-refractivity contribution in [1.82, 2.24) is 4.90 Å². The Morgan fingerprint density at radius 2 is 1.79 bits per heavy atom. The topological polar surface area (TPSA) is 76.1 Å². The van der Waals surface area contributed by atoms with E-state index < -0.39 is 11.9 Å². The molecular weight excluding hydrogens is 370 g/mol. The maximum Gasteiger partial charge on any atom is 0.308 e. The molecule has 6 nitrogen and oxygen atoms in total. The van der Waals surface area contributed by atoms with Crippen LogP contribution >= 0.6 is 0 Å². The lowest BCUT2D eigenvalue weighted by Gasteiger charge is -2.16. The highest BCUT2D eigenvalue weighted by atomic mass is 16.5. The summed E-state index contributed by atoms with van der Waals surface area (Å²) in [7, 11) is 0. The number of carboxylic acids is 1. The molecule has 1 unspecified atom stereocenters. The SMILES string of the molecule is Cc1cc(C)c(C)c(OCCOc2ccc(CN3CC(C(=O)O)CC3=O)cc2)c1. The molecule has 154 valence electrons. The lowest BCUT2D eigenvalue weighted by Crippen LogP contribution is -2.25. The highest BCUT2D eigenvalue weighted by Gasteiger charge is 2.33. The third-order valence-electron chi connectivity index (χ3n) is 5.23. The van der Waals surface area contributed by atoms with E-state index in [2.05, 4.69) is 19.9 Å². The fraction of sp³-hybridized carbons (Fsp3) is 0.391. The van der Waals surface area contributed by atoms with Crippen LogP contribution in [0.5, 0.6) is 11.5 Å². The first-order chi connectivity index (χ1) is 13.8. The number of aliphatic carboxylic acids is 1. The van der Waals surface area contributed by atoms with Crippen molar-refractivity contribution in [2.45, 2.75) is 33.7 Å². The minimum Gasteiger partial charge on any atom is -0.490 e. The van der Waals surface area contributed by atoms with Crippen LogP contribution < -0.4 is 9.47 Å². The van der Waals surface area contributed by atoms with Crippen LogP contribution in [0.2, 0.25) is 0 Å². The van der Waals surface area contributed by atoms with Gasteiger partial charge in [-0.15, -0.1) is 0 Å². The van der Waals surface area contributed by atoms with Crippen molar-refractivity contribution in [1.29, 1.82) is 0 Å². The Morgan fingerprint density at radius 3 is 2.45 bits per heavy atom. The number of ether oxygens (including phenoxy) is 2. The second-order valence-electron chi connectivity index (χ2n) is 7.56. The van der Waals surface area contributed by atoms with E-state index in [4.69, 9.17) is 14.6 Å². The molecule has 1 amide bonds. The number of carboxylic acid groups (broad SMARTS) is 1. The first kappa shape index (κ1) is 20.7. The molecule has 1 atom stereocenters. The minimum absolute atomic E-state index is 0.0798. The van der Waals surface area contributed by atoms with Gasteiger partial charge in [0.05, 0.1) is 5.92 Å². The Morgan fingerprint density at radius 1 is 1.10 bits per heavy atom. The molecular formula is C23H27NO5. The number of aryl methyl sites for hydroxylation is 2. The fourth-order valence-corrected chi connectivity index (χ4v) is 3.46. The van der Waals surface area contributed by atoms with Gasteiger partial charge >= 0.3 is 5.97 Å². The van der Waals surface area contributed by atoms with E-state index in [9.17, 15) is 9.59 Å². The molecule has 1 fully saturated rings. The van der Waals surface area contributed by atoms with Crippen LogP contribution in [0.25, 0.3) is 0 Å². The van der Waals surface area contributed by atoms with Crippen molar-refractivity contribution < 1.29 is 24.2 Å². The summed E-state index contributed by atoms with van der Waals surface area (Å²) in [5.41, 5.74) is 4.47. The largest absolute Gasteiger partial charge is 0.490 e. The fourth-order valence-electron chi connectivity index (χ4n) is 3.46. The lowest BCUT2D eigenvalue weighted by atomic mass is 10.1. The van der Waals surface area contributed by atoms with Crippen molar-refractivity contribution in [2.24, 2.45) is 5.92 Å².